The number of hydrogen-bond acceptors (Lipinski definition) is 3. The lowest BCUT2D eigenvalue weighted by molar-refractivity contribution is 0.194. The fraction of sp³-hybridized carbons (Fsp3) is 0.409. The second kappa shape index (κ2) is 9.33. The molecule has 4 heteroatoms. The maximum absolute atomic E-state index is 6.15. The van der Waals surface area contributed by atoms with Crippen molar-refractivity contribution >= 4 is 21.6 Å². The zero-order valence-corrected chi connectivity index (χ0v) is 17.0. The van der Waals surface area contributed by atoms with Gasteiger partial charge in [0.2, 0.25) is 0 Å². The molecule has 0 aromatic heterocycles. The van der Waals surface area contributed by atoms with Crippen LogP contribution < -0.4 is 10.5 Å². The fourth-order valence-corrected chi connectivity index (χ4v) is 3.58. The standard InChI is InChI=1S/C22H27BrN2O/c1-2-3-4-5-6-21(24)26-19-11-12-20-17(15-19)13-14-25-22(20)16-7-9-18(23)10-8-16/h7-12,15,21H,2-6,13-14,24H2,1H3. The highest BCUT2D eigenvalue weighted by molar-refractivity contribution is 9.10. The molecular weight excluding hydrogens is 388 g/mol. The topological polar surface area (TPSA) is 47.6 Å². The normalized spacial score (nSPS) is 14.5. The highest BCUT2D eigenvalue weighted by Gasteiger charge is 2.17. The van der Waals surface area contributed by atoms with E-state index < -0.39 is 0 Å². The summed E-state index contributed by atoms with van der Waals surface area (Å²) in [5.74, 6) is 0.865. The Kier molecular flexibility index (Phi) is 6.86. The van der Waals surface area contributed by atoms with Crippen LogP contribution in [-0.4, -0.2) is 18.5 Å². The summed E-state index contributed by atoms with van der Waals surface area (Å²) < 4.78 is 7.03. The minimum atomic E-state index is -0.229. The van der Waals surface area contributed by atoms with Gasteiger partial charge < -0.3 is 4.74 Å². The molecule has 0 radical (unpaired) electrons. The average Bonchev–Trinajstić information content (AvgIpc) is 2.65. The molecule has 1 aliphatic heterocycles. The summed E-state index contributed by atoms with van der Waals surface area (Å²) in [6.07, 6.45) is 6.48. The van der Waals surface area contributed by atoms with Crippen molar-refractivity contribution in [2.75, 3.05) is 6.54 Å². The van der Waals surface area contributed by atoms with Crippen LogP contribution in [0.2, 0.25) is 0 Å². The van der Waals surface area contributed by atoms with Gasteiger partial charge in [-0.15, -0.1) is 0 Å². The van der Waals surface area contributed by atoms with Gasteiger partial charge in [0.15, 0.2) is 0 Å². The molecule has 0 spiro atoms. The van der Waals surface area contributed by atoms with E-state index in [2.05, 4.69) is 59.3 Å². The molecule has 2 aromatic carbocycles. The number of ether oxygens (including phenoxy) is 1. The maximum atomic E-state index is 6.15. The molecule has 26 heavy (non-hydrogen) atoms. The molecule has 3 rings (SSSR count). The van der Waals surface area contributed by atoms with Crippen LogP contribution in [0.15, 0.2) is 51.9 Å². The smallest absolute Gasteiger partial charge is 0.147 e. The van der Waals surface area contributed by atoms with Gasteiger partial charge >= 0.3 is 0 Å². The number of fused-ring (bicyclic) bond motifs is 1. The van der Waals surface area contributed by atoms with Crippen LogP contribution in [0.5, 0.6) is 5.75 Å². The summed E-state index contributed by atoms with van der Waals surface area (Å²) in [4.78, 5) is 4.76. The highest BCUT2D eigenvalue weighted by Crippen LogP contribution is 2.26. The third-order valence-electron chi connectivity index (χ3n) is 4.73. The lowest BCUT2D eigenvalue weighted by Gasteiger charge is -2.20. The van der Waals surface area contributed by atoms with Crippen molar-refractivity contribution in [1.29, 1.82) is 0 Å². The molecule has 138 valence electrons. The van der Waals surface area contributed by atoms with Crippen LogP contribution in [0.4, 0.5) is 0 Å². The Morgan fingerprint density at radius 2 is 1.92 bits per heavy atom. The summed E-state index contributed by atoms with van der Waals surface area (Å²) in [6, 6.07) is 14.6. The number of nitrogens with zero attached hydrogens (tertiary/aromatic N) is 1. The van der Waals surface area contributed by atoms with Crippen molar-refractivity contribution in [1.82, 2.24) is 0 Å². The largest absolute Gasteiger partial charge is 0.476 e. The fourth-order valence-electron chi connectivity index (χ4n) is 3.32. The Morgan fingerprint density at radius 3 is 2.69 bits per heavy atom. The van der Waals surface area contributed by atoms with E-state index in [4.69, 9.17) is 15.5 Å². The summed E-state index contributed by atoms with van der Waals surface area (Å²) in [7, 11) is 0. The van der Waals surface area contributed by atoms with Crippen molar-refractivity contribution in [3.8, 4) is 5.75 Å². The van der Waals surface area contributed by atoms with Crippen LogP contribution in [-0.2, 0) is 6.42 Å². The van der Waals surface area contributed by atoms with Crippen molar-refractivity contribution in [2.24, 2.45) is 10.7 Å². The lowest BCUT2D eigenvalue weighted by Crippen LogP contribution is -2.27. The van der Waals surface area contributed by atoms with Crippen molar-refractivity contribution in [2.45, 2.75) is 51.7 Å². The quantitative estimate of drug-likeness (QED) is 0.459. The first kappa shape index (κ1) is 19.1. The van der Waals surface area contributed by atoms with Crippen LogP contribution in [0, 0.1) is 0 Å². The molecular formula is C22H27BrN2O. The van der Waals surface area contributed by atoms with E-state index in [0.29, 0.717) is 0 Å². The van der Waals surface area contributed by atoms with E-state index in [1.165, 1.54) is 30.4 Å². The van der Waals surface area contributed by atoms with E-state index in [1.54, 1.807) is 0 Å². The highest BCUT2D eigenvalue weighted by atomic mass is 79.9. The Hall–Kier alpha value is -1.65. The molecule has 3 nitrogen and oxygen atoms in total. The number of rotatable bonds is 8. The van der Waals surface area contributed by atoms with Crippen molar-refractivity contribution in [3.05, 3.63) is 63.6 Å². The van der Waals surface area contributed by atoms with E-state index in [9.17, 15) is 0 Å². The molecule has 1 heterocycles. The van der Waals surface area contributed by atoms with Gasteiger partial charge in [0, 0.05) is 22.1 Å². The minimum absolute atomic E-state index is 0.229. The number of unbranched alkanes of at least 4 members (excludes halogenated alkanes) is 3. The number of hydrogen-bond donors (Lipinski definition) is 1. The van der Waals surface area contributed by atoms with E-state index in [-0.39, 0.29) is 6.23 Å². The molecule has 0 aliphatic carbocycles. The summed E-state index contributed by atoms with van der Waals surface area (Å²) in [6.45, 7) is 3.03. The van der Waals surface area contributed by atoms with E-state index >= 15 is 0 Å². The first-order chi connectivity index (χ1) is 12.7. The molecule has 0 saturated heterocycles. The van der Waals surface area contributed by atoms with Gasteiger partial charge in [-0.3, -0.25) is 10.7 Å². The van der Waals surface area contributed by atoms with Gasteiger partial charge in [-0.25, -0.2) is 0 Å². The van der Waals surface area contributed by atoms with Gasteiger partial charge in [0.1, 0.15) is 12.0 Å². The molecule has 1 unspecified atom stereocenters. The van der Waals surface area contributed by atoms with Gasteiger partial charge in [0.05, 0.1) is 5.71 Å². The number of aliphatic imine (C=N–C) groups is 1. The van der Waals surface area contributed by atoms with Gasteiger partial charge in [-0.1, -0.05) is 54.2 Å². The van der Waals surface area contributed by atoms with Crippen LogP contribution in [0.25, 0.3) is 0 Å². The Balaban J connectivity index is 1.69. The van der Waals surface area contributed by atoms with Crippen LogP contribution in [0.1, 0.15) is 55.7 Å². The second-order valence-electron chi connectivity index (χ2n) is 6.81. The zero-order valence-electron chi connectivity index (χ0n) is 15.4. The number of halogens is 1. The maximum Gasteiger partial charge on any atom is 0.147 e. The van der Waals surface area contributed by atoms with E-state index in [0.717, 1.165) is 47.3 Å². The third kappa shape index (κ3) is 4.95. The summed E-state index contributed by atoms with van der Waals surface area (Å²) in [5, 5.41) is 0. The SMILES string of the molecule is CCCCCCC(N)Oc1ccc2c(c1)CCN=C2c1ccc(Br)cc1. The number of nitrogens with two attached hydrogens (primary N) is 1. The molecule has 1 aliphatic rings. The third-order valence-corrected chi connectivity index (χ3v) is 5.26. The first-order valence-corrected chi connectivity index (χ1v) is 10.3. The first-order valence-electron chi connectivity index (χ1n) is 9.53. The Morgan fingerprint density at radius 1 is 1.12 bits per heavy atom. The molecule has 0 amide bonds. The summed E-state index contributed by atoms with van der Waals surface area (Å²) >= 11 is 3.49. The molecule has 0 saturated carbocycles. The average molecular weight is 415 g/mol. The van der Waals surface area contributed by atoms with E-state index in [1.807, 2.05) is 6.07 Å². The molecule has 0 fully saturated rings. The van der Waals surface area contributed by atoms with Crippen LogP contribution in [0.3, 0.4) is 0 Å². The summed E-state index contributed by atoms with van der Waals surface area (Å²) in [5.41, 5.74) is 10.8. The second-order valence-corrected chi connectivity index (χ2v) is 7.73. The molecule has 1 atom stereocenters. The Bertz CT molecular complexity index is 755. The molecule has 2 aromatic rings. The van der Waals surface area contributed by atoms with Crippen molar-refractivity contribution in [3.63, 3.8) is 0 Å². The monoisotopic (exact) mass is 414 g/mol. The van der Waals surface area contributed by atoms with Gasteiger partial charge in [0.25, 0.3) is 0 Å². The predicted octanol–water partition coefficient (Wildman–Crippen LogP) is 5.48. The minimum Gasteiger partial charge on any atom is -0.476 e. The molecule has 0 bridgehead atoms. The molecule has 2 N–H and O–H groups in total. The van der Waals surface area contributed by atoms with Gasteiger partial charge in [-0.2, -0.15) is 0 Å². The Labute approximate surface area is 164 Å². The lowest BCUT2D eigenvalue weighted by atomic mass is 9.93. The zero-order chi connectivity index (χ0) is 18.4. The number of benzene rings is 2. The van der Waals surface area contributed by atoms with Crippen LogP contribution >= 0.6 is 15.9 Å². The van der Waals surface area contributed by atoms with Gasteiger partial charge in [-0.05, 0) is 55.2 Å². The predicted molar refractivity (Wildman–Crippen MR) is 112 cm³/mol. The van der Waals surface area contributed by atoms with Crippen molar-refractivity contribution < 1.29 is 4.74 Å².